The van der Waals surface area contributed by atoms with Crippen molar-refractivity contribution in [3.8, 4) is 11.3 Å². The van der Waals surface area contributed by atoms with Gasteiger partial charge in [0.25, 0.3) is 5.69 Å². The lowest BCUT2D eigenvalue weighted by molar-refractivity contribution is -0.384. The highest BCUT2D eigenvalue weighted by Gasteiger charge is 2.12. The van der Waals surface area contributed by atoms with Gasteiger partial charge in [-0.1, -0.05) is 6.07 Å². The molecule has 1 heterocycles. The molecule has 0 atom stereocenters. The van der Waals surface area contributed by atoms with Crippen LogP contribution in [-0.2, 0) is 4.79 Å². The Bertz CT molecular complexity index is 703. The minimum Gasteiger partial charge on any atom is -0.457 e. The minimum atomic E-state index is -0.602. The molecule has 5 nitrogen and oxygen atoms in total. The molecule has 0 amide bonds. The summed E-state index contributed by atoms with van der Waals surface area (Å²) in [5.41, 5.74) is 1.49. The first-order valence-electron chi connectivity index (χ1n) is 5.70. The SMILES string of the molecule is Cc1ccc([N+](=O)[O-])cc1-c1ccc(/C=C/C(=O)Cl)o1. The third-order valence-corrected chi connectivity index (χ3v) is 2.83. The predicted molar refractivity (Wildman–Crippen MR) is 75.4 cm³/mol. The lowest BCUT2D eigenvalue weighted by Crippen LogP contribution is -1.89. The Kier molecular flexibility index (Phi) is 4.00. The number of nitro groups is 1. The second kappa shape index (κ2) is 5.71. The Morgan fingerprint density at radius 3 is 2.75 bits per heavy atom. The van der Waals surface area contributed by atoms with E-state index in [0.717, 1.165) is 5.56 Å². The van der Waals surface area contributed by atoms with Crippen LogP contribution in [0.1, 0.15) is 11.3 Å². The fourth-order valence-electron chi connectivity index (χ4n) is 1.72. The summed E-state index contributed by atoms with van der Waals surface area (Å²) in [6.45, 7) is 1.83. The second-order valence-electron chi connectivity index (χ2n) is 4.10. The van der Waals surface area contributed by atoms with Crippen LogP contribution in [0.4, 0.5) is 5.69 Å². The van der Waals surface area contributed by atoms with Gasteiger partial charge in [0.2, 0.25) is 5.24 Å². The zero-order valence-electron chi connectivity index (χ0n) is 10.5. The van der Waals surface area contributed by atoms with Crippen molar-refractivity contribution in [3.05, 3.63) is 57.8 Å². The lowest BCUT2D eigenvalue weighted by atomic mass is 10.1. The molecule has 0 N–H and O–H groups in total. The van der Waals surface area contributed by atoms with Gasteiger partial charge in [-0.2, -0.15) is 0 Å². The molecule has 0 saturated carbocycles. The van der Waals surface area contributed by atoms with E-state index in [0.29, 0.717) is 17.1 Å². The molecule has 102 valence electrons. The number of nitrogens with zero attached hydrogens (tertiary/aromatic N) is 1. The quantitative estimate of drug-likeness (QED) is 0.370. The van der Waals surface area contributed by atoms with E-state index in [1.54, 1.807) is 18.2 Å². The van der Waals surface area contributed by atoms with Crippen molar-refractivity contribution in [1.29, 1.82) is 0 Å². The monoisotopic (exact) mass is 291 g/mol. The highest BCUT2D eigenvalue weighted by molar-refractivity contribution is 6.66. The Labute approximate surface area is 119 Å². The van der Waals surface area contributed by atoms with Gasteiger partial charge in [-0.05, 0) is 42.3 Å². The van der Waals surface area contributed by atoms with Crippen molar-refractivity contribution >= 4 is 28.6 Å². The van der Waals surface area contributed by atoms with Gasteiger partial charge in [-0.15, -0.1) is 0 Å². The van der Waals surface area contributed by atoms with Crippen molar-refractivity contribution in [2.75, 3.05) is 0 Å². The van der Waals surface area contributed by atoms with Gasteiger partial charge in [-0.3, -0.25) is 14.9 Å². The summed E-state index contributed by atoms with van der Waals surface area (Å²) < 4.78 is 5.52. The van der Waals surface area contributed by atoms with E-state index in [2.05, 4.69) is 0 Å². The average Bonchev–Trinajstić information content (AvgIpc) is 2.85. The van der Waals surface area contributed by atoms with Gasteiger partial charge in [-0.25, -0.2) is 0 Å². The first kappa shape index (κ1) is 14.0. The Morgan fingerprint density at radius 2 is 2.10 bits per heavy atom. The van der Waals surface area contributed by atoms with Crippen LogP contribution in [0.5, 0.6) is 0 Å². The van der Waals surface area contributed by atoms with Crippen LogP contribution in [-0.4, -0.2) is 10.2 Å². The maximum absolute atomic E-state index is 10.8. The van der Waals surface area contributed by atoms with Crippen LogP contribution >= 0.6 is 11.6 Å². The van der Waals surface area contributed by atoms with E-state index >= 15 is 0 Å². The number of carbonyl (C=O) groups is 1. The average molecular weight is 292 g/mol. The van der Waals surface area contributed by atoms with Crippen LogP contribution in [0.25, 0.3) is 17.4 Å². The summed E-state index contributed by atoms with van der Waals surface area (Å²) in [5.74, 6) is 0.938. The summed E-state index contributed by atoms with van der Waals surface area (Å²) in [5, 5.41) is 10.2. The maximum atomic E-state index is 10.8. The highest BCUT2D eigenvalue weighted by Crippen LogP contribution is 2.29. The number of allylic oxidation sites excluding steroid dienone is 1. The lowest BCUT2D eigenvalue weighted by Gasteiger charge is -2.02. The molecule has 0 saturated heterocycles. The predicted octanol–water partition coefficient (Wildman–Crippen LogP) is 3.94. The Hall–Kier alpha value is -2.40. The molecule has 1 aromatic carbocycles. The Balaban J connectivity index is 2.39. The summed E-state index contributed by atoms with van der Waals surface area (Å²) in [4.78, 5) is 21.0. The number of hydrogen-bond donors (Lipinski definition) is 0. The maximum Gasteiger partial charge on any atom is 0.270 e. The van der Waals surface area contributed by atoms with Crippen molar-refractivity contribution < 1.29 is 14.1 Å². The van der Waals surface area contributed by atoms with Crippen LogP contribution in [0.3, 0.4) is 0 Å². The first-order chi connectivity index (χ1) is 9.47. The van der Waals surface area contributed by atoms with Crippen molar-refractivity contribution in [1.82, 2.24) is 0 Å². The molecule has 6 heteroatoms. The summed E-state index contributed by atoms with van der Waals surface area (Å²) in [6, 6.07) is 7.89. The zero-order chi connectivity index (χ0) is 14.7. The Morgan fingerprint density at radius 1 is 1.35 bits per heavy atom. The minimum absolute atomic E-state index is 0.00460. The molecule has 0 radical (unpaired) electrons. The van der Waals surface area contributed by atoms with Crippen LogP contribution < -0.4 is 0 Å². The molecule has 0 aliphatic heterocycles. The fraction of sp³-hybridized carbons (Fsp3) is 0.0714. The summed E-state index contributed by atoms with van der Waals surface area (Å²) >= 11 is 5.19. The van der Waals surface area contributed by atoms with Gasteiger partial charge >= 0.3 is 0 Å². The van der Waals surface area contributed by atoms with E-state index in [9.17, 15) is 14.9 Å². The van der Waals surface area contributed by atoms with E-state index in [1.807, 2.05) is 6.92 Å². The summed E-state index contributed by atoms with van der Waals surface area (Å²) in [6.07, 6.45) is 2.61. The van der Waals surface area contributed by atoms with E-state index < -0.39 is 10.2 Å². The molecule has 0 spiro atoms. The van der Waals surface area contributed by atoms with Gasteiger partial charge in [0.1, 0.15) is 11.5 Å². The second-order valence-corrected chi connectivity index (χ2v) is 4.47. The third kappa shape index (κ3) is 3.13. The number of non-ortho nitro benzene ring substituents is 1. The number of halogens is 1. The van der Waals surface area contributed by atoms with Crippen LogP contribution in [0.2, 0.25) is 0 Å². The summed E-state index contributed by atoms with van der Waals surface area (Å²) in [7, 11) is 0. The molecular formula is C14H10ClNO4. The number of aryl methyl sites for hydroxylation is 1. The zero-order valence-corrected chi connectivity index (χ0v) is 11.3. The molecule has 20 heavy (non-hydrogen) atoms. The van der Waals surface area contributed by atoms with Crippen molar-refractivity contribution in [2.24, 2.45) is 0 Å². The van der Waals surface area contributed by atoms with E-state index in [-0.39, 0.29) is 5.69 Å². The largest absolute Gasteiger partial charge is 0.457 e. The highest BCUT2D eigenvalue weighted by atomic mass is 35.5. The number of hydrogen-bond acceptors (Lipinski definition) is 4. The van der Waals surface area contributed by atoms with Crippen molar-refractivity contribution in [3.63, 3.8) is 0 Å². The standard InChI is InChI=1S/C14H10ClNO4/c1-9-2-3-10(16(18)19)8-12(9)13-6-4-11(20-13)5-7-14(15)17/h2-8H,1H3/b7-5+. The molecule has 0 unspecified atom stereocenters. The first-order valence-corrected chi connectivity index (χ1v) is 6.08. The third-order valence-electron chi connectivity index (χ3n) is 2.70. The molecule has 0 aliphatic rings. The number of carbonyl (C=O) groups excluding carboxylic acids is 1. The molecule has 1 aromatic heterocycles. The molecular weight excluding hydrogens is 282 g/mol. The fourth-order valence-corrected chi connectivity index (χ4v) is 1.79. The molecule has 0 aliphatic carbocycles. The topological polar surface area (TPSA) is 73.3 Å². The van der Waals surface area contributed by atoms with Crippen LogP contribution in [0.15, 0.2) is 40.8 Å². The van der Waals surface area contributed by atoms with Gasteiger partial charge in [0.15, 0.2) is 0 Å². The van der Waals surface area contributed by atoms with Gasteiger partial charge in [0.05, 0.1) is 4.92 Å². The number of furan rings is 1. The molecule has 0 bridgehead atoms. The van der Waals surface area contributed by atoms with Crippen LogP contribution in [0, 0.1) is 17.0 Å². The molecule has 2 aromatic rings. The number of rotatable bonds is 4. The smallest absolute Gasteiger partial charge is 0.270 e. The molecule has 0 fully saturated rings. The van der Waals surface area contributed by atoms with Gasteiger partial charge in [0, 0.05) is 23.8 Å². The number of nitro benzene ring substituents is 1. The van der Waals surface area contributed by atoms with Gasteiger partial charge < -0.3 is 4.42 Å². The van der Waals surface area contributed by atoms with Crippen molar-refractivity contribution in [2.45, 2.75) is 6.92 Å². The number of benzene rings is 1. The van der Waals surface area contributed by atoms with E-state index in [4.69, 9.17) is 16.0 Å². The van der Waals surface area contributed by atoms with E-state index in [1.165, 1.54) is 24.3 Å². The normalized spacial score (nSPS) is 10.9. The molecule has 2 rings (SSSR count).